The Kier molecular flexibility index (Phi) is 1.54. The Bertz CT molecular complexity index is 433. The first-order valence-electron chi connectivity index (χ1n) is 3.62. The molecule has 3 heteroatoms. The second-order valence-electron chi connectivity index (χ2n) is 2.76. The number of aryl methyl sites for hydroxylation is 1. The minimum absolute atomic E-state index is 0.278. The van der Waals surface area contributed by atoms with Gasteiger partial charge in [0.15, 0.2) is 0 Å². The van der Waals surface area contributed by atoms with Gasteiger partial charge < -0.3 is 5.73 Å². The standard InChI is InChI=1S/C9H8FNS/c1-5-4-6-2-3-12-9(6)8(11)7(5)10/h2-4H,11H2,1H3. The zero-order valence-electron chi connectivity index (χ0n) is 6.60. The van der Waals surface area contributed by atoms with Gasteiger partial charge >= 0.3 is 0 Å². The molecule has 0 saturated carbocycles. The van der Waals surface area contributed by atoms with Crippen LogP contribution < -0.4 is 5.73 Å². The van der Waals surface area contributed by atoms with Crippen LogP contribution in [0.15, 0.2) is 17.5 Å². The molecule has 1 nitrogen and oxygen atoms in total. The van der Waals surface area contributed by atoms with Crippen molar-refractivity contribution in [3.05, 3.63) is 28.9 Å². The Morgan fingerprint density at radius 1 is 1.50 bits per heavy atom. The number of fused-ring (bicyclic) bond motifs is 1. The van der Waals surface area contributed by atoms with Gasteiger partial charge in [-0.05, 0) is 35.4 Å². The normalized spacial score (nSPS) is 10.8. The topological polar surface area (TPSA) is 26.0 Å². The van der Waals surface area contributed by atoms with Gasteiger partial charge in [0.1, 0.15) is 5.82 Å². The van der Waals surface area contributed by atoms with E-state index in [1.807, 2.05) is 17.5 Å². The maximum Gasteiger partial charge on any atom is 0.150 e. The van der Waals surface area contributed by atoms with E-state index in [-0.39, 0.29) is 11.5 Å². The SMILES string of the molecule is Cc1cc2ccsc2c(N)c1F. The van der Waals surface area contributed by atoms with E-state index in [2.05, 4.69) is 0 Å². The third kappa shape index (κ3) is 0.898. The van der Waals surface area contributed by atoms with Crippen LogP contribution in [0.4, 0.5) is 10.1 Å². The third-order valence-corrected chi connectivity index (χ3v) is 2.86. The van der Waals surface area contributed by atoms with Gasteiger partial charge in [-0.15, -0.1) is 11.3 Å². The molecule has 0 unspecified atom stereocenters. The molecule has 1 aromatic carbocycles. The number of nitrogen functional groups attached to an aromatic ring is 1. The van der Waals surface area contributed by atoms with E-state index in [0.717, 1.165) is 10.1 Å². The van der Waals surface area contributed by atoms with Crippen LogP contribution in [0, 0.1) is 12.7 Å². The first-order valence-corrected chi connectivity index (χ1v) is 4.50. The highest BCUT2D eigenvalue weighted by molar-refractivity contribution is 7.17. The lowest BCUT2D eigenvalue weighted by Gasteiger charge is -2.01. The molecule has 0 atom stereocenters. The lowest BCUT2D eigenvalue weighted by molar-refractivity contribution is 0.625. The van der Waals surface area contributed by atoms with Gasteiger partial charge in [-0.25, -0.2) is 4.39 Å². The highest BCUT2D eigenvalue weighted by atomic mass is 32.1. The molecule has 62 valence electrons. The molecular formula is C9H8FNS. The number of nitrogens with two attached hydrogens (primary N) is 1. The summed E-state index contributed by atoms with van der Waals surface area (Å²) in [5.74, 6) is -0.287. The van der Waals surface area contributed by atoms with E-state index in [4.69, 9.17) is 5.73 Å². The summed E-state index contributed by atoms with van der Waals surface area (Å²) in [6.45, 7) is 1.72. The highest BCUT2D eigenvalue weighted by Crippen LogP contribution is 2.30. The van der Waals surface area contributed by atoms with Crippen molar-refractivity contribution < 1.29 is 4.39 Å². The Hall–Kier alpha value is -1.09. The van der Waals surface area contributed by atoms with Crippen LogP contribution in [0.2, 0.25) is 0 Å². The summed E-state index contributed by atoms with van der Waals surface area (Å²) in [5.41, 5.74) is 6.49. The maximum atomic E-state index is 13.2. The number of rotatable bonds is 0. The summed E-state index contributed by atoms with van der Waals surface area (Å²) in [4.78, 5) is 0. The maximum absolute atomic E-state index is 13.2. The van der Waals surface area contributed by atoms with Gasteiger partial charge in [0.05, 0.1) is 10.4 Å². The molecule has 1 heterocycles. The molecule has 2 aromatic rings. The molecule has 0 fully saturated rings. The molecule has 1 aromatic heterocycles. The van der Waals surface area contributed by atoms with Crippen LogP contribution in [-0.4, -0.2) is 0 Å². The zero-order chi connectivity index (χ0) is 8.72. The van der Waals surface area contributed by atoms with Crippen LogP contribution in [0.25, 0.3) is 10.1 Å². The van der Waals surface area contributed by atoms with Crippen molar-refractivity contribution in [2.75, 3.05) is 5.73 Å². The van der Waals surface area contributed by atoms with Crippen molar-refractivity contribution in [3.63, 3.8) is 0 Å². The Morgan fingerprint density at radius 2 is 2.25 bits per heavy atom. The van der Waals surface area contributed by atoms with Crippen molar-refractivity contribution in [2.24, 2.45) is 0 Å². The van der Waals surface area contributed by atoms with Crippen LogP contribution >= 0.6 is 11.3 Å². The van der Waals surface area contributed by atoms with Crippen molar-refractivity contribution in [2.45, 2.75) is 6.92 Å². The fourth-order valence-electron chi connectivity index (χ4n) is 1.26. The quantitative estimate of drug-likeness (QED) is 0.621. The number of hydrogen-bond acceptors (Lipinski definition) is 2. The molecule has 0 spiro atoms. The first-order chi connectivity index (χ1) is 5.70. The summed E-state index contributed by atoms with van der Waals surface area (Å²) in [6.07, 6.45) is 0. The number of hydrogen-bond donors (Lipinski definition) is 1. The minimum Gasteiger partial charge on any atom is -0.395 e. The van der Waals surface area contributed by atoms with Crippen molar-refractivity contribution in [1.82, 2.24) is 0 Å². The molecule has 0 bridgehead atoms. The molecule has 0 radical (unpaired) electrons. The van der Waals surface area contributed by atoms with E-state index >= 15 is 0 Å². The molecule has 2 rings (SSSR count). The van der Waals surface area contributed by atoms with Gasteiger partial charge in [0.25, 0.3) is 0 Å². The fourth-order valence-corrected chi connectivity index (χ4v) is 2.09. The largest absolute Gasteiger partial charge is 0.395 e. The third-order valence-electron chi connectivity index (χ3n) is 1.89. The van der Waals surface area contributed by atoms with E-state index < -0.39 is 0 Å². The summed E-state index contributed by atoms with van der Waals surface area (Å²) in [6, 6.07) is 3.76. The molecule has 0 saturated heterocycles. The van der Waals surface area contributed by atoms with Crippen LogP contribution in [0.5, 0.6) is 0 Å². The van der Waals surface area contributed by atoms with E-state index in [1.165, 1.54) is 11.3 Å². The summed E-state index contributed by atoms with van der Waals surface area (Å²) >= 11 is 1.47. The van der Waals surface area contributed by atoms with Crippen molar-refractivity contribution in [1.29, 1.82) is 0 Å². The molecule has 0 aliphatic carbocycles. The zero-order valence-corrected chi connectivity index (χ0v) is 7.41. The van der Waals surface area contributed by atoms with E-state index in [0.29, 0.717) is 5.56 Å². The summed E-state index contributed by atoms with van der Waals surface area (Å²) in [5, 5.41) is 2.94. The molecule has 0 aliphatic rings. The van der Waals surface area contributed by atoms with Crippen molar-refractivity contribution >= 4 is 27.1 Å². The number of thiophene rings is 1. The fraction of sp³-hybridized carbons (Fsp3) is 0.111. The average Bonchev–Trinajstić information content (AvgIpc) is 2.48. The minimum atomic E-state index is -0.287. The van der Waals surface area contributed by atoms with Gasteiger partial charge in [0.2, 0.25) is 0 Å². The smallest absolute Gasteiger partial charge is 0.150 e. The van der Waals surface area contributed by atoms with Crippen LogP contribution in [0.1, 0.15) is 5.56 Å². The van der Waals surface area contributed by atoms with Gasteiger partial charge in [0, 0.05) is 0 Å². The first kappa shape index (κ1) is 7.55. The lowest BCUT2D eigenvalue weighted by Crippen LogP contribution is -1.92. The lowest BCUT2D eigenvalue weighted by atomic mass is 10.1. The number of benzene rings is 1. The van der Waals surface area contributed by atoms with Crippen LogP contribution in [-0.2, 0) is 0 Å². The second kappa shape index (κ2) is 2.45. The molecule has 0 amide bonds. The predicted molar refractivity (Wildman–Crippen MR) is 50.9 cm³/mol. The highest BCUT2D eigenvalue weighted by Gasteiger charge is 2.07. The van der Waals surface area contributed by atoms with Gasteiger partial charge in [-0.1, -0.05) is 0 Å². The van der Waals surface area contributed by atoms with Crippen molar-refractivity contribution in [3.8, 4) is 0 Å². The van der Waals surface area contributed by atoms with Crippen LogP contribution in [0.3, 0.4) is 0 Å². The number of halogens is 1. The summed E-state index contributed by atoms with van der Waals surface area (Å²) < 4.78 is 14.1. The van der Waals surface area contributed by atoms with Gasteiger partial charge in [-0.2, -0.15) is 0 Å². The Labute approximate surface area is 73.6 Å². The molecule has 12 heavy (non-hydrogen) atoms. The summed E-state index contributed by atoms with van der Waals surface area (Å²) in [7, 11) is 0. The average molecular weight is 181 g/mol. The molecule has 0 aliphatic heterocycles. The van der Waals surface area contributed by atoms with E-state index in [9.17, 15) is 4.39 Å². The molecular weight excluding hydrogens is 173 g/mol. The Morgan fingerprint density at radius 3 is 3.00 bits per heavy atom. The predicted octanol–water partition coefficient (Wildman–Crippen LogP) is 2.93. The van der Waals surface area contributed by atoms with Gasteiger partial charge in [-0.3, -0.25) is 0 Å². The number of anilines is 1. The Balaban J connectivity index is 2.94. The molecule has 2 N–H and O–H groups in total. The van der Waals surface area contributed by atoms with E-state index in [1.54, 1.807) is 6.92 Å². The second-order valence-corrected chi connectivity index (χ2v) is 3.68. The monoisotopic (exact) mass is 181 g/mol.